The molecule has 0 aliphatic heterocycles. The van der Waals surface area contributed by atoms with Crippen molar-refractivity contribution >= 4 is 17.4 Å². The van der Waals surface area contributed by atoms with Crippen molar-refractivity contribution in [3.8, 4) is 0 Å². The second-order valence-corrected chi connectivity index (χ2v) is 3.08. The molecule has 0 saturated carbocycles. The zero-order valence-corrected chi connectivity index (χ0v) is 7.03. The molecule has 0 fully saturated rings. The van der Waals surface area contributed by atoms with Crippen molar-refractivity contribution < 1.29 is 0 Å². The number of nitrogens with two attached hydrogens (primary N) is 1. The van der Waals surface area contributed by atoms with Crippen LogP contribution >= 0.6 is 11.8 Å². The molecule has 2 heteroatoms. The summed E-state index contributed by atoms with van der Waals surface area (Å²) in [6, 6.07) is 5.97. The molecule has 0 spiro atoms. The predicted octanol–water partition coefficient (Wildman–Crippen LogP) is 2.30. The second kappa shape index (κ2) is 2.97. The third-order valence-corrected chi connectivity index (χ3v) is 2.31. The van der Waals surface area contributed by atoms with E-state index in [1.807, 2.05) is 18.2 Å². The molecule has 0 atom stereocenters. The lowest BCUT2D eigenvalue weighted by Crippen LogP contribution is -1.85. The van der Waals surface area contributed by atoms with Crippen molar-refractivity contribution in [1.29, 1.82) is 0 Å². The topological polar surface area (TPSA) is 26.0 Å². The third-order valence-electron chi connectivity index (χ3n) is 1.43. The number of hydrogen-bond acceptors (Lipinski definition) is 2. The van der Waals surface area contributed by atoms with E-state index in [0.717, 1.165) is 5.69 Å². The highest BCUT2D eigenvalue weighted by Gasteiger charge is 1.94. The maximum absolute atomic E-state index is 5.59. The number of aryl methyl sites for hydroxylation is 1. The minimum Gasteiger partial charge on any atom is -0.399 e. The molecule has 0 radical (unpaired) electrons. The summed E-state index contributed by atoms with van der Waals surface area (Å²) in [5.41, 5.74) is 7.73. The van der Waals surface area contributed by atoms with Crippen LogP contribution in [0.3, 0.4) is 0 Å². The van der Waals surface area contributed by atoms with E-state index in [-0.39, 0.29) is 0 Å². The Morgan fingerprint density at radius 1 is 1.40 bits per heavy atom. The average Bonchev–Trinajstić information content (AvgIpc) is 1.94. The van der Waals surface area contributed by atoms with Gasteiger partial charge in [0.05, 0.1) is 0 Å². The van der Waals surface area contributed by atoms with Gasteiger partial charge < -0.3 is 5.73 Å². The van der Waals surface area contributed by atoms with E-state index in [4.69, 9.17) is 5.73 Å². The van der Waals surface area contributed by atoms with Gasteiger partial charge in [0.25, 0.3) is 0 Å². The lowest BCUT2D eigenvalue weighted by molar-refractivity contribution is 1.31. The molecule has 1 nitrogen and oxygen atoms in total. The van der Waals surface area contributed by atoms with Gasteiger partial charge in [-0.15, -0.1) is 11.8 Å². The van der Waals surface area contributed by atoms with Crippen LogP contribution in [0.2, 0.25) is 0 Å². The largest absolute Gasteiger partial charge is 0.399 e. The van der Waals surface area contributed by atoms with Crippen LogP contribution in [-0.4, -0.2) is 6.26 Å². The van der Waals surface area contributed by atoms with Gasteiger partial charge in [0.2, 0.25) is 0 Å². The van der Waals surface area contributed by atoms with Crippen molar-refractivity contribution in [2.75, 3.05) is 12.0 Å². The SMILES string of the molecule is CSc1cc(N)ccc1C. The minimum atomic E-state index is 0.843. The highest BCUT2D eigenvalue weighted by Crippen LogP contribution is 2.21. The molecule has 54 valence electrons. The van der Waals surface area contributed by atoms with Crippen molar-refractivity contribution in [3.05, 3.63) is 23.8 Å². The summed E-state index contributed by atoms with van der Waals surface area (Å²) in [4.78, 5) is 1.26. The first kappa shape index (κ1) is 7.48. The number of benzene rings is 1. The summed E-state index contributed by atoms with van der Waals surface area (Å²) in [7, 11) is 0. The molecule has 0 aromatic heterocycles. The highest BCUT2D eigenvalue weighted by molar-refractivity contribution is 7.98. The Morgan fingerprint density at radius 3 is 2.60 bits per heavy atom. The molecule has 1 rings (SSSR count). The lowest BCUT2D eigenvalue weighted by Gasteiger charge is -2.01. The fraction of sp³-hybridized carbons (Fsp3) is 0.250. The van der Waals surface area contributed by atoms with Crippen LogP contribution in [0.5, 0.6) is 0 Å². The fourth-order valence-corrected chi connectivity index (χ4v) is 1.48. The molecule has 0 aliphatic rings. The maximum atomic E-state index is 5.59. The first-order valence-corrected chi connectivity index (χ1v) is 4.36. The Hall–Kier alpha value is -0.630. The zero-order chi connectivity index (χ0) is 7.56. The van der Waals surface area contributed by atoms with Gasteiger partial charge in [-0.25, -0.2) is 0 Å². The number of nitrogen functional groups attached to an aromatic ring is 1. The van der Waals surface area contributed by atoms with E-state index in [1.54, 1.807) is 11.8 Å². The lowest BCUT2D eigenvalue weighted by atomic mass is 10.2. The summed E-state index contributed by atoms with van der Waals surface area (Å²) in [6.07, 6.45) is 2.06. The van der Waals surface area contributed by atoms with E-state index in [2.05, 4.69) is 13.2 Å². The summed E-state index contributed by atoms with van der Waals surface area (Å²) in [5, 5.41) is 0. The van der Waals surface area contributed by atoms with Crippen LogP contribution < -0.4 is 5.73 Å². The smallest absolute Gasteiger partial charge is 0.0325 e. The Morgan fingerprint density at radius 2 is 2.10 bits per heavy atom. The molecule has 1 aromatic carbocycles. The first-order valence-electron chi connectivity index (χ1n) is 3.14. The van der Waals surface area contributed by atoms with Crippen LogP contribution in [0.15, 0.2) is 23.1 Å². The molecule has 0 aliphatic carbocycles. The Bertz CT molecular complexity index is 233. The zero-order valence-electron chi connectivity index (χ0n) is 6.22. The minimum absolute atomic E-state index is 0.843. The van der Waals surface area contributed by atoms with Gasteiger partial charge >= 0.3 is 0 Å². The van der Waals surface area contributed by atoms with Crippen LogP contribution in [-0.2, 0) is 0 Å². The summed E-state index contributed by atoms with van der Waals surface area (Å²) in [5.74, 6) is 0. The Kier molecular flexibility index (Phi) is 2.22. The van der Waals surface area contributed by atoms with Crippen molar-refractivity contribution in [3.63, 3.8) is 0 Å². The van der Waals surface area contributed by atoms with E-state index in [0.29, 0.717) is 0 Å². The quantitative estimate of drug-likeness (QED) is 0.495. The summed E-state index contributed by atoms with van der Waals surface area (Å²) < 4.78 is 0. The van der Waals surface area contributed by atoms with E-state index in [9.17, 15) is 0 Å². The monoisotopic (exact) mass is 153 g/mol. The molecule has 0 saturated heterocycles. The first-order chi connectivity index (χ1) is 4.74. The fourth-order valence-electron chi connectivity index (χ4n) is 0.837. The van der Waals surface area contributed by atoms with Gasteiger partial charge in [-0.05, 0) is 30.9 Å². The number of rotatable bonds is 1. The summed E-state index contributed by atoms with van der Waals surface area (Å²) in [6.45, 7) is 2.09. The Balaban J connectivity index is 3.09. The van der Waals surface area contributed by atoms with Crippen molar-refractivity contribution in [2.45, 2.75) is 11.8 Å². The molecule has 0 heterocycles. The Labute approximate surface area is 65.6 Å². The van der Waals surface area contributed by atoms with Gasteiger partial charge in [-0.3, -0.25) is 0 Å². The number of thioether (sulfide) groups is 1. The van der Waals surface area contributed by atoms with Crippen molar-refractivity contribution in [2.24, 2.45) is 0 Å². The van der Waals surface area contributed by atoms with Crippen LogP contribution in [0.4, 0.5) is 5.69 Å². The molecule has 1 aromatic rings. The molecule has 0 amide bonds. The number of hydrogen-bond donors (Lipinski definition) is 1. The average molecular weight is 153 g/mol. The van der Waals surface area contributed by atoms with E-state index in [1.165, 1.54) is 10.5 Å². The predicted molar refractivity (Wildman–Crippen MR) is 47.4 cm³/mol. The van der Waals surface area contributed by atoms with Crippen molar-refractivity contribution in [1.82, 2.24) is 0 Å². The van der Waals surface area contributed by atoms with Gasteiger partial charge in [-0.2, -0.15) is 0 Å². The third kappa shape index (κ3) is 1.45. The van der Waals surface area contributed by atoms with Gasteiger partial charge in [0, 0.05) is 10.6 Å². The molecule has 0 unspecified atom stereocenters. The van der Waals surface area contributed by atoms with Gasteiger partial charge in [0.1, 0.15) is 0 Å². The maximum Gasteiger partial charge on any atom is 0.0325 e. The second-order valence-electron chi connectivity index (χ2n) is 2.23. The van der Waals surface area contributed by atoms with E-state index >= 15 is 0 Å². The van der Waals surface area contributed by atoms with Gasteiger partial charge in [-0.1, -0.05) is 6.07 Å². The summed E-state index contributed by atoms with van der Waals surface area (Å²) >= 11 is 1.73. The van der Waals surface area contributed by atoms with Gasteiger partial charge in [0.15, 0.2) is 0 Å². The number of anilines is 1. The molecular weight excluding hydrogens is 142 g/mol. The molecule has 2 N–H and O–H groups in total. The molecule has 10 heavy (non-hydrogen) atoms. The van der Waals surface area contributed by atoms with E-state index < -0.39 is 0 Å². The van der Waals surface area contributed by atoms with Crippen LogP contribution in [0.1, 0.15) is 5.56 Å². The standard InChI is InChI=1S/C8H11NS/c1-6-3-4-7(9)5-8(6)10-2/h3-5H,9H2,1-2H3. The van der Waals surface area contributed by atoms with Crippen LogP contribution in [0.25, 0.3) is 0 Å². The molecule has 0 bridgehead atoms. The van der Waals surface area contributed by atoms with Crippen LogP contribution in [0, 0.1) is 6.92 Å². The normalized spacial score (nSPS) is 9.80. The molecular formula is C8H11NS. The highest BCUT2D eigenvalue weighted by atomic mass is 32.2.